The molecule has 1 N–H and O–H groups in total. The minimum Gasteiger partial charge on any atom is -0.493 e. The molecule has 1 aliphatic rings. The SMILES string of the molecule is CCCNC(c1c(OC)cnn1C)C1(OC)CCC1. The van der Waals surface area contributed by atoms with E-state index in [1.807, 2.05) is 18.8 Å². The number of ether oxygens (including phenoxy) is 2. The van der Waals surface area contributed by atoms with E-state index >= 15 is 0 Å². The molecule has 1 aliphatic carbocycles. The van der Waals surface area contributed by atoms with E-state index in [0.29, 0.717) is 0 Å². The van der Waals surface area contributed by atoms with Crippen LogP contribution in [-0.2, 0) is 11.8 Å². The average molecular weight is 267 g/mol. The van der Waals surface area contributed by atoms with Crippen LogP contribution in [-0.4, -0.2) is 36.1 Å². The van der Waals surface area contributed by atoms with Crippen molar-refractivity contribution in [2.45, 2.75) is 44.2 Å². The van der Waals surface area contributed by atoms with Crippen LogP contribution in [0, 0.1) is 0 Å². The van der Waals surface area contributed by atoms with E-state index in [-0.39, 0.29) is 11.6 Å². The second kappa shape index (κ2) is 5.92. The Balaban J connectivity index is 2.33. The lowest BCUT2D eigenvalue weighted by molar-refractivity contribution is -0.102. The van der Waals surface area contributed by atoms with E-state index in [2.05, 4.69) is 17.3 Å². The maximum Gasteiger partial charge on any atom is 0.161 e. The van der Waals surface area contributed by atoms with E-state index < -0.39 is 0 Å². The average Bonchev–Trinajstić information content (AvgIpc) is 2.73. The zero-order valence-electron chi connectivity index (χ0n) is 12.4. The minimum absolute atomic E-state index is 0.115. The number of rotatable bonds is 7. The van der Waals surface area contributed by atoms with Gasteiger partial charge in [-0.2, -0.15) is 5.10 Å². The van der Waals surface area contributed by atoms with Gasteiger partial charge in [0.05, 0.1) is 30.6 Å². The first-order valence-corrected chi connectivity index (χ1v) is 7.03. The van der Waals surface area contributed by atoms with Gasteiger partial charge in [-0.1, -0.05) is 6.92 Å². The quantitative estimate of drug-likeness (QED) is 0.821. The van der Waals surface area contributed by atoms with Crippen molar-refractivity contribution in [1.82, 2.24) is 15.1 Å². The molecule has 1 atom stereocenters. The third-order valence-corrected chi connectivity index (χ3v) is 4.17. The van der Waals surface area contributed by atoms with Crippen molar-refractivity contribution in [1.29, 1.82) is 0 Å². The summed E-state index contributed by atoms with van der Waals surface area (Å²) < 4.78 is 13.2. The molecule has 1 aromatic rings. The molecule has 0 amide bonds. The Hall–Kier alpha value is -1.07. The van der Waals surface area contributed by atoms with Gasteiger partial charge in [-0.3, -0.25) is 4.68 Å². The molecule has 108 valence electrons. The Morgan fingerprint density at radius 2 is 2.21 bits per heavy atom. The van der Waals surface area contributed by atoms with E-state index in [4.69, 9.17) is 9.47 Å². The molecule has 5 heteroatoms. The van der Waals surface area contributed by atoms with Gasteiger partial charge in [0.25, 0.3) is 0 Å². The van der Waals surface area contributed by atoms with Crippen LogP contribution in [0.15, 0.2) is 6.20 Å². The molecule has 0 spiro atoms. The van der Waals surface area contributed by atoms with Crippen LogP contribution in [0.5, 0.6) is 5.75 Å². The van der Waals surface area contributed by atoms with Crippen molar-refractivity contribution >= 4 is 0 Å². The molecule has 0 radical (unpaired) electrons. The van der Waals surface area contributed by atoms with Crippen molar-refractivity contribution in [3.63, 3.8) is 0 Å². The molecule has 0 aliphatic heterocycles. The van der Waals surface area contributed by atoms with Crippen molar-refractivity contribution in [3.8, 4) is 5.75 Å². The summed E-state index contributed by atoms with van der Waals surface area (Å²) in [6, 6.07) is 0.133. The maximum atomic E-state index is 5.85. The number of hydrogen-bond acceptors (Lipinski definition) is 4. The smallest absolute Gasteiger partial charge is 0.161 e. The van der Waals surface area contributed by atoms with E-state index in [1.54, 1.807) is 13.3 Å². The summed E-state index contributed by atoms with van der Waals surface area (Å²) in [5, 5.41) is 7.93. The van der Waals surface area contributed by atoms with Gasteiger partial charge in [0.15, 0.2) is 5.75 Å². The van der Waals surface area contributed by atoms with E-state index in [1.165, 1.54) is 6.42 Å². The van der Waals surface area contributed by atoms with Gasteiger partial charge >= 0.3 is 0 Å². The van der Waals surface area contributed by atoms with Crippen LogP contribution < -0.4 is 10.1 Å². The summed E-state index contributed by atoms with van der Waals surface area (Å²) in [5.41, 5.74) is 0.966. The van der Waals surface area contributed by atoms with Gasteiger partial charge in [-0.05, 0) is 32.2 Å². The molecule has 1 unspecified atom stereocenters. The Morgan fingerprint density at radius 3 is 2.68 bits per heavy atom. The third-order valence-electron chi connectivity index (χ3n) is 4.17. The summed E-state index contributed by atoms with van der Waals surface area (Å²) in [7, 11) is 5.46. The van der Waals surface area contributed by atoms with Crippen molar-refractivity contribution in [2.75, 3.05) is 20.8 Å². The van der Waals surface area contributed by atoms with E-state index in [9.17, 15) is 0 Å². The molecule has 1 fully saturated rings. The molecule has 1 saturated carbocycles. The Kier molecular flexibility index (Phi) is 4.47. The summed E-state index contributed by atoms with van der Waals surface area (Å²) >= 11 is 0. The number of nitrogens with one attached hydrogen (secondary N) is 1. The summed E-state index contributed by atoms with van der Waals surface area (Å²) in [5.74, 6) is 0.833. The molecule has 5 nitrogen and oxygen atoms in total. The number of aryl methyl sites for hydroxylation is 1. The van der Waals surface area contributed by atoms with Crippen LogP contribution in [0.25, 0.3) is 0 Å². The van der Waals surface area contributed by atoms with Crippen molar-refractivity contribution < 1.29 is 9.47 Å². The lowest BCUT2D eigenvalue weighted by Crippen LogP contribution is -2.51. The normalized spacial score (nSPS) is 18.9. The lowest BCUT2D eigenvalue weighted by Gasteiger charge is -2.46. The molecular weight excluding hydrogens is 242 g/mol. The van der Waals surface area contributed by atoms with Gasteiger partial charge in [-0.25, -0.2) is 0 Å². The molecule has 19 heavy (non-hydrogen) atoms. The molecular formula is C14H25N3O2. The van der Waals surface area contributed by atoms with Crippen molar-refractivity contribution in [2.24, 2.45) is 7.05 Å². The number of hydrogen-bond donors (Lipinski definition) is 1. The first-order chi connectivity index (χ1) is 9.18. The first-order valence-electron chi connectivity index (χ1n) is 7.03. The van der Waals surface area contributed by atoms with Crippen LogP contribution in [0.4, 0.5) is 0 Å². The van der Waals surface area contributed by atoms with Crippen LogP contribution in [0.2, 0.25) is 0 Å². The van der Waals surface area contributed by atoms with Gasteiger partial charge in [0.1, 0.15) is 0 Å². The maximum absolute atomic E-state index is 5.85. The standard InChI is InChI=1S/C14H25N3O2/c1-5-9-15-13(14(19-4)7-6-8-14)12-11(18-3)10-16-17(12)2/h10,13,15H,5-9H2,1-4H3. The zero-order chi connectivity index (χ0) is 13.9. The predicted molar refractivity (Wildman–Crippen MR) is 74.4 cm³/mol. The van der Waals surface area contributed by atoms with Crippen molar-refractivity contribution in [3.05, 3.63) is 11.9 Å². The van der Waals surface area contributed by atoms with Crippen LogP contribution in [0.1, 0.15) is 44.3 Å². The Morgan fingerprint density at radius 1 is 1.47 bits per heavy atom. The summed E-state index contributed by atoms with van der Waals surface area (Å²) in [6.07, 6.45) is 6.26. The highest BCUT2D eigenvalue weighted by Gasteiger charge is 2.47. The molecule has 0 bridgehead atoms. The van der Waals surface area contributed by atoms with Crippen LogP contribution in [0.3, 0.4) is 0 Å². The highest BCUT2D eigenvalue weighted by Crippen LogP contribution is 2.46. The molecule has 2 rings (SSSR count). The highest BCUT2D eigenvalue weighted by atomic mass is 16.5. The number of methoxy groups -OCH3 is 2. The number of aromatic nitrogens is 2. The molecule has 1 heterocycles. The first kappa shape index (κ1) is 14.3. The van der Waals surface area contributed by atoms with Gasteiger partial charge in [0, 0.05) is 14.2 Å². The molecule has 0 aromatic carbocycles. The fraction of sp³-hybridized carbons (Fsp3) is 0.786. The van der Waals surface area contributed by atoms with Gasteiger partial charge in [0.2, 0.25) is 0 Å². The van der Waals surface area contributed by atoms with Gasteiger partial charge < -0.3 is 14.8 Å². The predicted octanol–water partition coefficient (Wildman–Crippen LogP) is 2.04. The summed E-state index contributed by atoms with van der Waals surface area (Å²) in [6.45, 7) is 3.13. The molecule has 1 aromatic heterocycles. The monoisotopic (exact) mass is 267 g/mol. The third kappa shape index (κ3) is 2.49. The number of nitrogens with zero attached hydrogens (tertiary/aromatic N) is 2. The van der Waals surface area contributed by atoms with Gasteiger partial charge in [-0.15, -0.1) is 0 Å². The fourth-order valence-corrected chi connectivity index (χ4v) is 2.87. The second-order valence-corrected chi connectivity index (χ2v) is 5.23. The second-order valence-electron chi connectivity index (χ2n) is 5.23. The van der Waals surface area contributed by atoms with Crippen LogP contribution >= 0.6 is 0 Å². The Bertz CT molecular complexity index is 407. The largest absolute Gasteiger partial charge is 0.493 e. The van der Waals surface area contributed by atoms with E-state index in [0.717, 1.165) is 37.3 Å². The highest BCUT2D eigenvalue weighted by molar-refractivity contribution is 5.31. The fourth-order valence-electron chi connectivity index (χ4n) is 2.87. The molecule has 0 saturated heterocycles. The minimum atomic E-state index is -0.115. The lowest BCUT2D eigenvalue weighted by atomic mass is 9.73. The Labute approximate surface area is 115 Å². The topological polar surface area (TPSA) is 48.3 Å². The summed E-state index contributed by atoms with van der Waals surface area (Å²) in [4.78, 5) is 0. The zero-order valence-corrected chi connectivity index (χ0v) is 12.4.